The van der Waals surface area contributed by atoms with Crippen molar-refractivity contribution in [3.8, 4) is 0 Å². The SMILES string of the molecule is CC[C@@H](NC(=O)N1CC(C)OC(C)C1)C(=O)O. The number of morpholine rings is 1. The number of nitrogens with zero attached hydrogens (tertiary/aromatic N) is 1. The van der Waals surface area contributed by atoms with Crippen LogP contribution in [0, 0.1) is 0 Å². The van der Waals surface area contributed by atoms with Crippen LogP contribution >= 0.6 is 0 Å². The normalized spacial score (nSPS) is 26.4. The molecule has 0 aromatic rings. The van der Waals surface area contributed by atoms with Gasteiger partial charge in [-0.1, -0.05) is 6.92 Å². The van der Waals surface area contributed by atoms with Crippen LogP contribution in [0.25, 0.3) is 0 Å². The minimum atomic E-state index is -1.00. The van der Waals surface area contributed by atoms with E-state index in [1.807, 2.05) is 13.8 Å². The molecule has 2 N–H and O–H groups in total. The molecule has 17 heavy (non-hydrogen) atoms. The molecule has 0 aromatic heterocycles. The predicted molar refractivity (Wildman–Crippen MR) is 61.8 cm³/mol. The summed E-state index contributed by atoms with van der Waals surface area (Å²) < 4.78 is 5.51. The molecular weight excluding hydrogens is 224 g/mol. The highest BCUT2D eigenvalue weighted by atomic mass is 16.5. The maximum Gasteiger partial charge on any atom is 0.326 e. The third-order valence-corrected chi connectivity index (χ3v) is 2.71. The Hall–Kier alpha value is -1.30. The molecule has 1 saturated heterocycles. The first-order valence-electron chi connectivity index (χ1n) is 5.87. The first-order valence-corrected chi connectivity index (χ1v) is 5.87. The van der Waals surface area contributed by atoms with Gasteiger partial charge in [0.15, 0.2) is 0 Å². The fourth-order valence-electron chi connectivity index (χ4n) is 1.92. The van der Waals surface area contributed by atoms with Crippen molar-refractivity contribution < 1.29 is 19.4 Å². The van der Waals surface area contributed by atoms with Gasteiger partial charge in [-0.15, -0.1) is 0 Å². The van der Waals surface area contributed by atoms with Crippen molar-refractivity contribution in [1.29, 1.82) is 0 Å². The van der Waals surface area contributed by atoms with Crippen molar-refractivity contribution in [2.24, 2.45) is 0 Å². The van der Waals surface area contributed by atoms with Crippen LogP contribution < -0.4 is 5.32 Å². The van der Waals surface area contributed by atoms with Crippen LogP contribution in [-0.4, -0.2) is 53.3 Å². The van der Waals surface area contributed by atoms with Gasteiger partial charge in [0.05, 0.1) is 12.2 Å². The number of nitrogens with one attached hydrogen (secondary N) is 1. The van der Waals surface area contributed by atoms with E-state index < -0.39 is 12.0 Å². The van der Waals surface area contributed by atoms with Crippen LogP contribution in [0.4, 0.5) is 4.79 Å². The summed E-state index contributed by atoms with van der Waals surface area (Å²) in [7, 11) is 0. The zero-order valence-corrected chi connectivity index (χ0v) is 10.5. The molecule has 1 rings (SSSR count). The molecular formula is C11H20N2O4. The highest BCUT2D eigenvalue weighted by Crippen LogP contribution is 2.10. The summed E-state index contributed by atoms with van der Waals surface area (Å²) in [5.74, 6) is -1.00. The number of carbonyl (C=O) groups excluding carboxylic acids is 1. The Kier molecular flexibility index (Phi) is 4.74. The highest BCUT2D eigenvalue weighted by Gasteiger charge is 2.28. The van der Waals surface area contributed by atoms with Gasteiger partial charge >= 0.3 is 12.0 Å². The third kappa shape index (κ3) is 3.89. The molecule has 2 unspecified atom stereocenters. The second kappa shape index (κ2) is 5.86. The van der Waals surface area contributed by atoms with Crippen LogP contribution in [0.1, 0.15) is 27.2 Å². The first kappa shape index (κ1) is 13.8. The smallest absolute Gasteiger partial charge is 0.326 e. The zero-order valence-electron chi connectivity index (χ0n) is 10.5. The molecule has 1 aliphatic rings. The molecule has 2 amide bonds. The van der Waals surface area contributed by atoms with Crippen LogP contribution in [0.3, 0.4) is 0 Å². The van der Waals surface area contributed by atoms with Gasteiger partial charge in [-0.05, 0) is 20.3 Å². The summed E-state index contributed by atoms with van der Waals surface area (Å²) in [6.07, 6.45) is 0.333. The summed E-state index contributed by atoms with van der Waals surface area (Å²) in [4.78, 5) is 24.3. The van der Waals surface area contributed by atoms with Crippen molar-refractivity contribution >= 4 is 12.0 Å². The van der Waals surface area contributed by atoms with E-state index in [1.54, 1.807) is 11.8 Å². The predicted octanol–water partition coefficient (Wildman–Crippen LogP) is 0.668. The maximum atomic E-state index is 11.9. The van der Waals surface area contributed by atoms with E-state index in [9.17, 15) is 9.59 Å². The minimum absolute atomic E-state index is 0.0191. The van der Waals surface area contributed by atoms with Gasteiger partial charge in [0.1, 0.15) is 6.04 Å². The van der Waals surface area contributed by atoms with Gasteiger partial charge in [0, 0.05) is 13.1 Å². The Labute approximate surface area is 101 Å². The van der Waals surface area contributed by atoms with Gasteiger partial charge in [-0.3, -0.25) is 0 Å². The molecule has 98 valence electrons. The monoisotopic (exact) mass is 244 g/mol. The standard InChI is InChI=1S/C11H20N2O4/c1-4-9(10(14)15)12-11(16)13-5-7(2)17-8(3)6-13/h7-9H,4-6H2,1-3H3,(H,12,16)(H,14,15)/t7?,8?,9-/m1/s1. The molecule has 1 fully saturated rings. The number of amides is 2. The number of carboxylic acid groups (broad SMARTS) is 1. The first-order chi connectivity index (χ1) is 7.93. The number of urea groups is 1. The fourth-order valence-corrected chi connectivity index (χ4v) is 1.92. The molecule has 0 aliphatic carbocycles. The second-order valence-corrected chi connectivity index (χ2v) is 4.41. The lowest BCUT2D eigenvalue weighted by Gasteiger charge is -2.35. The quantitative estimate of drug-likeness (QED) is 0.764. The number of carbonyl (C=O) groups is 2. The Morgan fingerprint density at radius 2 is 1.94 bits per heavy atom. The second-order valence-electron chi connectivity index (χ2n) is 4.41. The number of aliphatic carboxylic acids is 1. The highest BCUT2D eigenvalue weighted by molar-refractivity contribution is 5.82. The zero-order chi connectivity index (χ0) is 13.0. The molecule has 6 nitrogen and oxygen atoms in total. The van der Waals surface area contributed by atoms with E-state index in [-0.39, 0.29) is 18.2 Å². The van der Waals surface area contributed by atoms with Crippen molar-refractivity contribution in [2.45, 2.75) is 45.4 Å². The lowest BCUT2D eigenvalue weighted by molar-refractivity contribution is -0.139. The summed E-state index contributed by atoms with van der Waals surface area (Å²) in [5.41, 5.74) is 0. The molecule has 1 heterocycles. The topological polar surface area (TPSA) is 78.9 Å². The van der Waals surface area contributed by atoms with Gasteiger partial charge in [-0.2, -0.15) is 0 Å². The molecule has 0 spiro atoms. The largest absolute Gasteiger partial charge is 0.480 e. The lowest BCUT2D eigenvalue weighted by atomic mass is 10.2. The Morgan fingerprint density at radius 3 is 2.35 bits per heavy atom. The molecule has 0 aromatic carbocycles. The average molecular weight is 244 g/mol. The number of carboxylic acids is 1. The van der Waals surface area contributed by atoms with Crippen molar-refractivity contribution in [2.75, 3.05) is 13.1 Å². The summed E-state index contributed by atoms with van der Waals surface area (Å²) in [6, 6.07) is -1.16. The Morgan fingerprint density at radius 1 is 1.41 bits per heavy atom. The van der Waals surface area contributed by atoms with E-state index in [1.165, 1.54) is 0 Å². The summed E-state index contributed by atoms with van der Waals surface area (Å²) in [5, 5.41) is 11.4. The minimum Gasteiger partial charge on any atom is -0.480 e. The Balaban J connectivity index is 2.54. The van der Waals surface area contributed by atoms with Crippen LogP contribution in [0.5, 0.6) is 0 Å². The Bertz CT molecular complexity index is 285. The fraction of sp³-hybridized carbons (Fsp3) is 0.818. The van der Waals surface area contributed by atoms with Gasteiger partial charge in [-0.25, -0.2) is 9.59 Å². The average Bonchev–Trinajstić information content (AvgIpc) is 2.23. The molecule has 6 heteroatoms. The molecule has 1 aliphatic heterocycles. The van der Waals surface area contributed by atoms with Gasteiger partial charge < -0.3 is 20.1 Å². The summed E-state index contributed by atoms with van der Waals surface area (Å²) >= 11 is 0. The molecule has 0 radical (unpaired) electrons. The number of hydrogen-bond donors (Lipinski definition) is 2. The van der Waals surface area contributed by atoms with Crippen molar-refractivity contribution in [1.82, 2.24) is 10.2 Å². The number of rotatable bonds is 3. The van der Waals surface area contributed by atoms with Gasteiger partial charge in [0.25, 0.3) is 0 Å². The van der Waals surface area contributed by atoms with E-state index in [4.69, 9.17) is 9.84 Å². The van der Waals surface area contributed by atoms with Crippen molar-refractivity contribution in [3.63, 3.8) is 0 Å². The molecule has 3 atom stereocenters. The summed E-state index contributed by atoms with van der Waals surface area (Å²) in [6.45, 7) is 6.50. The van der Waals surface area contributed by atoms with Crippen LogP contribution in [-0.2, 0) is 9.53 Å². The number of hydrogen-bond acceptors (Lipinski definition) is 3. The molecule has 0 bridgehead atoms. The van der Waals surface area contributed by atoms with Crippen LogP contribution in [0.2, 0.25) is 0 Å². The number of ether oxygens (including phenoxy) is 1. The van der Waals surface area contributed by atoms with E-state index in [2.05, 4.69) is 5.32 Å². The van der Waals surface area contributed by atoms with Crippen LogP contribution in [0.15, 0.2) is 0 Å². The maximum absolute atomic E-state index is 11.9. The van der Waals surface area contributed by atoms with E-state index in [0.29, 0.717) is 19.5 Å². The third-order valence-electron chi connectivity index (χ3n) is 2.71. The van der Waals surface area contributed by atoms with E-state index in [0.717, 1.165) is 0 Å². The van der Waals surface area contributed by atoms with Crippen molar-refractivity contribution in [3.05, 3.63) is 0 Å². The lowest BCUT2D eigenvalue weighted by Crippen LogP contribution is -2.54. The molecule has 0 saturated carbocycles. The van der Waals surface area contributed by atoms with E-state index >= 15 is 0 Å². The van der Waals surface area contributed by atoms with Gasteiger partial charge in [0.2, 0.25) is 0 Å².